The van der Waals surface area contributed by atoms with Crippen LogP contribution in [-0.2, 0) is 0 Å². The number of alkyl halides is 2. The number of hydrogen-bond acceptors (Lipinski definition) is 6. The van der Waals surface area contributed by atoms with Crippen molar-refractivity contribution in [1.29, 1.82) is 0 Å². The molecule has 0 fully saturated rings. The van der Waals surface area contributed by atoms with Gasteiger partial charge in [-0.15, -0.1) is 0 Å². The molecule has 0 aliphatic carbocycles. The quantitative estimate of drug-likeness (QED) is 0.725. The van der Waals surface area contributed by atoms with Gasteiger partial charge in [-0.1, -0.05) is 11.6 Å². The number of methoxy groups -OCH3 is 1. The minimum atomic E-state index is -3.03. The minimum absolute atomic E-state index is 0.0271. The Balaban J connectivity index is 2.28. The number of rotatable bonds is 8. The zero-order chi connectivity index (χ0) is 20.0. The first-order valence-corrected chi connectivity index (χ1v) is 8.49. The monoisotopic (exact) mass is 400 g/mol. The largest absolute Gasteiger partial charge is 0.493 e. The Hall–Kier alpha value is -2.68. The van der Waals surface area contributed by atoms with Gasteiger partial charge >= 0.3 is 6.61 Å². The fourth-order valence-electron chi connectivity index (χ4n) is 2.31. The summed E-state index contributed by atoms with van der Waals surface area (Å²) >= 11 is 6.05. The lowest BCUT2D eigenvalue weighted by Crippen LogP contribution is -2.25. The third kappa shape index (κ3) is 5.16. The van der Waals surface area contributed by atoms with Gasteiger partial charge in [-0.25, -0.2) is 9.97 Å². The number of aromatic nitrogens is 2. The molecule has 0 spiro atoms. The Bertz CT molecular complexity index is 804. The first-order valence-electron chi connectivity index (χ1n) is 8.11. The van der Waals surface area contributed by atoms with Crippen LogP contribution in [0, 0.1) is 0 Å². The van der Waals surface area contributed by atoms with E-state index in [2.05, 4.69) is 20.0 Å². The predicted molar refractivity (Wildman–Crippen MR) is 98.2 cm³/mol. The molecule has 1 heterocycles. The molecule has 1 aromatic heterocycles. The lowest BCUT2D eigenvalue weighted by Gasteiger charge is -2.19. The van der Waals surface area contributed by atoms with Gasteiger partial charge in [0.25, 0.3) is 5.91 Å². The summed E-state index contributed by atoms with van der Waals surface area (Å²) in [4.78, 5) is 22.7. The Kier molecular flexibility index (Phi) is 7.12. The maximum absolute atomic E-state index is 12.5. The molecular formula is C17H19ClF2N4O3. The van der Waals surface area contributed by atoms with E-state index >= 15 is 0 Å². The molecule has 27 heavy (non-hydrogen) atoms. The summed E-state index contributed by atoms with van der Waals surface area (Å²) in [7, 11) is 1.32. The van der Waals surface area contributed by atoms with E-state index in [0.29, 0.717) is 19.0 Å². The molecule has 0 saturated heterocycles. The molecule has 0 unspecified atom stereocenters. The molecule has 1 N–H and O–H groups in total. The van der Waals surface area contributed by atoms with Gasteiger partial charge in [-0.05, 0) is 26.0 Å². The molecular weight excluding hydrogens is 382 g/mol. The molecule has 0 bridgehead atoms. The summed E-state index contributed by atoms with van der Waals surface area (Å²) in [6, 6.07) is 4.11. The summed E-state index contributed by atoms with van der Waals surface area (Å²) < 4.78 is 34.4. The van der Waals surface area contributed by atoms with Crippen molar-refractivity contribution in [3.63, 3.8) is 0 Å². The minimum Gasteiger partial charge on any atom is -0.493 e. The van der Waals surface area contributed by atoms with Crippen LogP contribution < -0.4 is 19.7 Å². The van der Waals surface area contributed by atoms with Gasteiger partial charge in [-0.2, -0.15) is 8.78 Å². The number of ether oxygens (including phenoxy) is 2. The zero-order valence-electron chi connectivity index (χ0n) is 15.0. The summed E-state index contributed by atoms with van der Waals surface area (Å²) in [5.74, 6) is -0.338. The van der Waals surface area contributed by atoms with Crippen LogP contribution >= 0.6 is 11.6 Å². The van der Waals surface area contributed by atoms with Crippen molar-refractivity contribution in [3.8, 4) is 11.5 Å². The first kappa shape index (κ1) is 20.6. The second-order valence-electron chi connectivity index (χ2n) is 5.24. The van der Waals surface area contributed by atoms with E-state index in [1.807, 2.05) is 18.7 Å². The summed E-state index contributed by atoms with van der Waals surface area (Å²) in [6.45, 7) is 2.15. The van der Waals surface area contributed by atoms with E-state index in [1.54, 1.807) is 0 Å². The molecule has 2 aromatic rings. The molecule has 0 aliphatic heterocycles. The summed E-state index contributed by atoms with van der Waals surface area (Å²) in [5, 5.41) is 2.62. The Morgan fingerprint density at radius 2 is 2.00 bits per heavy atom. The van der Waals surface area contributed by atoms with Gasteiger partial charge in [0, 0.05) is 24.8 Å². The number of nitrogens with zero attached hydrogens (tertiary/aromatic N) is 3. The first-order chi connectivity index (χ1) is 12.9. The van der Waals surface area contributed by atoms with E-state index in [0.717, 1.165) is 0 Å². The van der Waals surface area contributed by atoms with Crippen LogP contribution in [0.1, 0.15) is 24.3 Å². The van der Waals surface area contributed by atoms with Crippen molar-refractivity contribution in [3.05, 3.63) is 35.1 Å². The predicted octanol–water partition coefficient (Wildman–Crippen LogP) is 3.84. The zero-order valence-corrected chi connectivity index (χ0v) is 15.8. The molecule has 2 rings (SSSR count). The number of benzene rings is 1. The fourth-order valence-corrected chi connectivity index (χ4v) is 2.49. The molecule has 146 valence electrons. The smallest absolute Gasteiger partial charge is 0.387 e. The van der Waals surface area contributed by atoms with Crippen LogP contribution in [-0.4, -0.2) is 42.7 Å². The van der Waals surface area contributed by atoms with Gasteiger partial charge < -0.3 is 19.7 Å². The SMILES string of the molecule is CCN(CC)c1ncc(Cl)c(C(=O)Nc2ccc(OC)c(OC(F)F)c2)n1. The maximum Gasteiger partial charge on any atom is 0.387 e. The van der Waals surface area contributed by atoms with Crippen LogP contribution in [0.4, 0.5) is 20.4 Å². The van der Waals surface area contributed by atoms with Gasteiger partial charge in [-0.3, -0.25) is 4.79 Å². The maximum atomic E-state index is 12.5. The highest BCUT2D eigenvalue weighted by molar-refractivity contribution is 6.34. The Morgan fingerprint density at radius 1 is 1.30 bits per heavy atom. The topological polar surface area (TPSA) is 76.6 Å². The normalized spacial score (nSPS) is 10.6. The van der Waals surface area contributed by atoms with E-state index in [-0.39, 0.29) is 27.9 Å². The van der Waals surface area contributed by atoms with Crippen molar-refractivity contribution in [2.45, 2.75) is 20.5 Å². The van der Waals surface area contributed by atoms with Crippen molar-refractivity contribution in [1.82, 2.24) is 9.97 Å². The number of carbonyl (C=O) groups excluding carboxylic acids is 1. The van der Waals surface area contributed by atoms with Crippen molar-refractivity contribution < 1.29 is 23.0 Å². The van der Waals surface area contributed by atoms with Crippen LogP contribution in [0.2, 0.25) is 5.02 Å². The highest BCUT2D eigenvalue weighted by Crippen LogP contribution is 2.31. The van der Waals surface area contributed by atoms with Crippen LogP contribution in [0.15, 0.2) is 24.4 Å². The molecule has 0 saturated carbocycles. The van der Waals surface area contributed by atoms with Crippen LogP contribution in [0.5, 0.6) is 11.5 Å². The van der Waals surface area contributed by atoms with Crippen LogP contribution in [0.25, 0.3) is 0 Å². The highest BCUT2D eigenvalue weighted by Gasteiger charge is 2.18. The lowest BCUT2D eigenvalue weighted by molar-refractivity contribution is -0.0511. The number of carbonyl (C=O) groups is 1. The highest BCUT2D eigenvalue weighted by atomic mass is 35.5. The average molecular weight is 401 g/mol. The third-order valence-corrected chi connectivity index (χ3v) is 3.91. The molecule has 7 nitrogen and oxygen atoms in total. The van der Waals surface area contributed by atoms with Gasteiger partial charge in [0.15, 0.2) is 17.2 Å². The van der Waals surface area contributed by atoms with E-state index < -0.39 is 12.5 Å². The average Bonchev–Trinajstić information content (AvgIpc) is 2.63. The second kappa shape index (κ2) is 9.31. The van der Waals surface area contributed by atoms with E-state index in [9.17, 15) is 13.6 Å². The van der Waals surface area contributed by atoms with Crippen molar-refractivity contribution >= 4 is 29.1 Å². The van der Waals surface area contributed by atoms with Gasteiger partial charge in [0.05, 0.1) is 18.3 Å². The molecule has 0 aliphatic rings. The van der Waals surface area contributed by atoms with E-state index in [1.165, 1.54) is 31.5 Å². The third-order valence-electron chi connectivity index (χ3n) is 3.63. The molecule has 1 amide bonds. The second-order valence-corrected chi connectivity index (χ2v) is 5.64. The summed E-state index contributed by atoms with van der Waals surface area (Å²) in [5.41, 5.74) is 0.191. The number of hydrogen-bond donors (Lipinski definition) is 1. The van der Waals surface area contributed by atoms with Gasteiger partial charge in [0.2, 0.25) is 5.95 Å². The van der Waals surface area contributed by atoms with E-state index in [4.69, 9.17) is 16.3 Å². The Morgan fingerprint density at radius 3 is 2.59 bits per heavy atom. The van der Waals surface area contributed by atoms with Crippen LogP contribution in [0.3, 0.4) is 0 Å². The lowest BCUT2D eigenvalue weighted by atomic mass is 10.2. The summed E-state index contributed by atoms with van der Waals surface area (Å²) in [6.07, 6.45) is 1.34. The number of anilines is 2. The molecule has 0 atom stereocenters. The number of halogens is 3. The number of amides is 1. The fraction of sp³-hybridized carbons (Fsp3) is 0.353. The Labute approximate surface area is 160 Å². The molecule has 10 heteroatoms. The van der Waals surface area contributed by atoms with Crippen molar-refractivity contribution in [2.75, 3.05) is 30.4 Å². The standard InChI is InChI=1S/C17H19ClF2N4O3/c1-4-24(5-2)17-21-9-11(18)14(23-17)15(25)22-10-6-7-12(26-3)13(8-10)27-16(19)20/h6-9,16H,4-5H2,1-3H3,(H,22,25). The molecule has 0 radical (unpaired) electrons. The molecule has 1 aromatic carbocycles. The van der Waals surface area contributed by atoms with Gasteiger partial charge in [0.1, 0.15) is 0 Å². The van der Waals surface area contributed by atoms with Crippen molar-refractivity contribution in [2.24, 2.45) is 0 Å². The number of nitrogens with one attached hydrogen (secondary N) is 1.